The molecule has 9 heteroatoms. The van der Waals surface area contributed by atoms with Crippen molar-refractivity contribution < 1.29 is 29.1 Å². The molecule has 9 nitrogen and oxygen atoms in total. The highest BCUT2D eigenvalue weighted by Gasteiger charge is 2.36. The Morgan fingerprint density at radius 3 is 2.60 bits per heavy atom. The molecule has 136 valence electrons. The van der Waals surface area contributed by atoms with E-state index in [0.29, 0.717) is 11.1 Å². The second-order valence-electron chi connectivity index (χ2n) is 6.31. The average Bonchev–Trinajstić information content (AvgIpc) is 2.74. The third-order valence-corrected chi connectivity index (χ3v) is 3.12. The number of carbonyl (C=O) groups excluding carboxylic acids is 3. The quantitative estimate of drug-likeness (QED) is 0.704. The van der Waals surface area contributed by atoms with E-state index < -0.39 is 29.9 Å². The third-order valence-electron chi connectivity index (χ3n) is 3.12. The van der Waals surface area contributed by atoms with E-state index in [1.165, 1.54) is 0 Å². The fourth-order valence-electron chi connectivity index (χ4n) is 2.15. The summed E-state index contributed by atoms with van der Waals surface area (Å²) in [5.74, 6) is -0.457. The van der Waals surface area contributed by atoms with Crippen LogP contribution in [0.1, 0.15) is 42.9 Å². The first-order valence-electron chi connectivity index (χ1n) is 7.70. The summed E-state index contributed by atoms with van der Waals surface area (Å²) in [6.45, 7) is 4.97. The number of carbonyl (C=O) groups is 3. The molecule has 0 saturated carbocycles. The summed E-state index contributed by atoms with van der Waals surface area (Å²) < 4.78 is 4.93. The van der Waals surface area contributed by atoms with E-state index in [2.05, 4.69) is 5.32 Å². The molecule has 3 N–H and O–H groups in total. The smallest absolute Gasteiger partial charge is 0.415 e. The summed E-state index contributed by atoms with van der Waals surface area (Å²) in [7, 11) is 0. The zero-order valence-corrected chi connectivity index (χ0v) is 14.2. The number of fused-ring (bicyclic) bond motifs is 1. The van der Waals surface area contributed by atoms with Gasteiger partial charge in [0.15, 0.2) is 6.23 Å². The molecule has 1 heterocycles. The molecule has 1 unspecified atom stereocenters. The molecular formula is C16H21N3O6. The predicted molar refractivity (Wildman–Crippen MR) is 86.3 cm³/mol. The molecule has 1 aromatic rings. The lowest BCUT2D eigenvalue weighted by molar-refractivity contribution is -0.196. The van der Waals surface area contributed by atoms with Crippen LogP contribution >= 0.6 is 0 Å². The molecule has 0 saturated heterocycles. The van der Waals surface area contributed by atoms with Crippen LogP contribution in [0.3, 0.4) is 0 Å². The number of rotatable bonds is 4. The van der Waals surface area contributed by atoms with Crippen LogP contribution in [-0.2, 0) is 9.57 Å². The van der Waals surface area contributed by atoms with Gasteiger partial charge in [0.25, 0.3) is 5.91 Å². The number of imide groups is 1. The van der Waals surface area contributed by atoms with Gasteiger partial charge in [-0.1, -0.05) is 18.2 Å². The monoisotopic (exact) mass is 351 g/mol. The van der Waals surface area contributed by atoms with Crippen LogP contribution in [0.15, 0.2) is 24.3 Å². The molecule has 1 aliphatic rings. The molecule has 0 aliphatic carbocycles. The Bertz CT molecular complexity index is 670. The highest BCUT2D eigenvalue weighted by Crippen LogP contribution is 2.31. The highest BCUT2D eigenvalue weighted by molar-refractivity contribution is 5.98. The van der Waals surface area contributed by atoms with Crippen molar-refractivity contribution in [2.45, 2.75) is 32.6 Å². The number of nitrogens with one attached hydrogen (secondary N) is 2. The normalized spacial score (nSPS) is 16.4. The van der Waals surface area contributed by atoms with Crippen molar-refractivity contribution in [3.05, 3.63) is 35.4 Å². The number of aliphatic hydroxyl groups excluding tert-OH is 1. The molecule has 0 fully saturated rings. The molecule has 1 aromatic carbocycles. The van der Waals surface area contributed by atoms with Gasteiger partial charge in [-0.05, 0) is 26.8 Å². The minimum absolute atomic E-state index is 0.0154. The number of amides is 4. The van der Waals surface area contributed by atoms with Crippen molar-refractivity contribution in [2.24, 2.45) is 0 Å². The van der Waals surface area contributed by atoms with Crippen LogP contribution in [-0.4, -0.2) is 47.0 Å². The lowest BCUT2D eigenvalue weighted by Gasteiger charge is -2.20. The van der Waals surface area contributed by atoms with Crippen molar-refractivity contribution in [1.29, 1.82) is 0 Å². The lowest BCUT2D eigenvalue weighted by atomic mass is 10.1. The summed E-state index contributed by atoms with van der Waals surface area (Å²) >= 11 is 0. The predicted octanol–water partition coefficient (Wildman–Crippen LogP) is 1.30. The van der Waals surface area contributed by atoms with Crippen molar-refractivity contribution in [2.75, 3.05) is 13.2 Å². The lowest BCUT2D eigenvalue weighted by Crippen LogP contribution is -2.43. The van der Waals surface area contributed by atoms with Crippen LogP contribution in [0.5, 0.6) is 0 Å². The van der Waals surface area contributed by atoms with E-state index in [4.69, 9.17) is 9.57 Å². The highest BCUT2D eigenvalue weighted by atomic mass is 16.7. The summed E-state index contributed by atoms with van der Waals surface area (Å²) in [5.41, 5.74) is 0.114. The van der Waals surface area contributed by atoms with Gasteiger partial charge in [0.05, 0.1) is 6.61 Å². The number of alkyl carbamates (subject to hydrolysis) is 1. The fraction of sp³-hybridized carbons (Fsp3) is 0.438. The van der Waals surface area contributed by atoms with Gasteiger partial charge >= 0.3 is 12.1 Å². The first-order chi connectivity index (χ1) is 11.7. The SMILES string of the molecule is CC(C)(C)OC(=O)NC(=O)NCCON1C(=O)c2ccccc2C1O. The van der Waals surface area contributed by atoms with Crippen LogP contribution in [0.25, 0.3) is 0 Å². The molecule has 1 atom stereocenters. The molecule has 0 bridgehead atoms. The van der Waals surface area contributed by atoms with Crippen LogP contribution in [0.4, 0.5) is 9.59 Å². The van der Waals surface area contributed by atoms with Crippen LogP contribution < -0.4 is 10.6 Å². The molecule has 25 heavy (non-hydrogen) atoms. The number of hydroxylamine groups is 2. The van der Waals surface area contributed by atoms with Gasteiger partial charge in [-0.2, -0.15) is 5.06 Å². The number of urea groups is 1. The Balaban J connectivity index is 1.73. The number of ether oxygens (including phenoxy) is 1. The van der Waals surface area contributed by atoms with Crippen molar-refractivity contribution >= 4 is 18.0 Å². The van der Waals surface area contributed by atoms with E-state index in [0.717, 1.165) is 5.06 Å². The largest absolute Gasteiger partial charge is 0.443 e. The second kappa shape index (κ2) is 7.49. The fourth-order valence-corrected chi connectivity index (χ4v) is 2.15. The first-order valence-corrected chi connectivity index (χ1v) is 7.70. The minimum Gasteiger partial charge on any atom is -0.443 e. The molecular weight excluding hydrogens is 330 g/mol. The maximum absolute atomic E-state index is 12.1. The number of benzene rings is 1. The van der Waals surface area contributed by atoms with Crippen molar-refractivity contribution in [3.8, 4) is 0 Å². The topological polar surface area (TPSA) is 117 Å². The maximum Gasteiger partial charge on any atom is 0.415 e. The van der Waals surface area contributed by atoms with Gasteiger partial charge < -0.3 is 15.2 Å². The van der Waals surface area contributed by atoms with E-state index in [-0.39, 0.29) is 13.2 Å². The first kappa shape index (κ1) is 18.7. The van der Waals surface area contributed by atoms with Crippen LogP contribution in [0.2, 0.25) is 0 Å². The summed E-state index contributed by atoms with van der Waals surface area (Å²) in [4.78, 5) is 40.3. The van der Waals surface area contributed by atoms with Crippen LogP contribution in [0, 0.1) is 0 Å². The Labute approximate surface area is 144 Å². The van der Waals surface area contributed by atoms with Gasteiger partial charge in [0.1, 0.15) is 5.60 Å². The van der Waals surface area contributed by atoms with Crippen molar-refractivity contribution in [3.63, 3.8) is 0 Å². The summed E-state index contributed by atoms with van der Waals surface area (Å²) in [6, 6.07) is 5.87. The minimum atomic E-state index is -1.20. The van der Waals surface area contributed by atoms with Gasteiger partial charge in [0.2, 0.25) is 0 Å². The molecule has 4 amide bonds. The number of nitrogens with zero attached hydrogens (tertiary/aromatic N) is 1. The average molecular weight is 351 g/mol. The Hall–Kier alpha value is -2.65. The Morgan fingerprint density at radius 2 is 1.96 bits per heavy atom. The number of hydrogen-bond donors (Lipinski definition) is 3. The summed E-state index contributed by atoms with van der Waals surface area (Å²) in [5, 5.41) is 15.3. The number of aliphatic hydroxyl groups is 1. The standard InChI is InChI=1S/C16H21N3O6/c1-16(2,3)25-15(23)18-14(22)17-8-9-24-19-12(20)10-6-4-5-7-11(10)13(19)21/h4-7,12,20H,8-9H2,1-3H3,(H2,17,18,22,23). The molecule has 1 aliphatic heterocycles. The zero-order valence-electron chi connectivity index (χ0n) is 14.2. The van der Waals surface area contributed by atoms with Gasteiger partial charge in [-0.3, -0.25) is 9.63 Å². The van der Waals surface area contributed by atoms with Gasteiger partial charge in [-0.15, -0.1) is 0 Å². The van der Waals surface area contributed by atoms with Crippen molar-refractivity contribution in [1.82, 2.24) is 15.7 Å². The summed E-state index contributed by atoms with van der Waals surface area (Å²) in [6.07, 6.45) is -2.06. The molecule has 0 aromatic heterocycles. The third kappa shape index (κ3) is 4.91. The molecule has 0 spiro atoms. The van der Waals surface area contributed by atoms with E-state index in [1.54, 1.807) is 45.0 Å². The molecule has 2 rings (SSSR count). The number of hydrogen-bond acceptors (Lipinski definition) is 6. The zero-order chi connectivity index (χ0) is 18.6. The van der Waals surface area contributed by atoms with E-state index in [1.807, 2.05) is 5.32 Å². The van der Waals surface area contributed by atoms with E-state index in [9.17, 15) is 19.5 Å². The second-order valence-corrected chi connectivity index (χ2v) is 6.31. The Morgan fingerprint density at radius 1 is 1.28 bits per heavy atom. The maximum atomic E-state index is 12.1. The van der Waals surface area contributed by atoms with Gasteiger partial charge in [0, 0.05) is 17.7 Å². The molecule has 0 radical (unpaired) electrons. The Kier molecular flexibility index (Phi) is 5.60. The van der Waals surface area contributed by atoms with E-state index >= 15 is 0 Å². The van der Waals surface area contributed by atoms with Gasteiger partial charge in [-0.25, -0.2) is 14.9 Å².